The maximum atomic E-state index is 12.1. The van der Waals surface area contributed by atoms with Crippen LogP contribution in [0.4, 0.5) is 0 Å². The zero-order valence-corrected chi connectivity index (χ0v) is 13.7. The zero-order valence-electron chi connectivity index (χ0n) is 13.7. The first kappa shape index (κ1) is 17.5. The summed E-state index contributed by atoms with van der Waals surface area (Å²) < 4.78 is 5.54. The minimum atomic E-state index is -0.0174. The van der Waals surface area contributed by atoms with Crippen molar-refractivity contribution in [3.63, 3.8) is 0 Å². The fourth-order valence-electron chi connectivity index (χ4n) is 3.18. The number of rotatable bonds is 9. The van der Waals surface area contributed by atoms with E-state index in [1.165, 1.54) is 38.5 Å². The van der Waals surface area contributed by atoms with Gasteiger partial charge in [-0.25, -0.2) is 0 Å². The third-order valence-corrected chi connectivity index (χ3v) is 4.85. The summed E-state index contributed by atoms with van der Waals surface area (Å²) in [5, 5.41) is 3.38. The van der Waals surface area contributed by atoms with Crippen LogP contribution in [-0.4, -0.2) is 25.2 Å². The molecule has 1 unspecified atom stereocenters. The normalized spacial score (nSPS) is 19.6. The Morgan fingerprint density at radius 3 is 2.50 bits per heavy atom. The largest absolute Gasteiger partial charge is 0.465 e. The molecule has 0 saturated heterocycles. The predicted molar refractivity (Wildman–Crippen MR) is 83.8 cm³/mol. The number of unbranched alkanes of at least 4 members (excludes halogenated alkanes) is 1. The minimum absolute atomic E-state index is 0.000459. The van der Waals surface area contributed by atoms with E-state index in [0.717, 1.165) is 19.3 Å². The minimum Gasteiger partial charge on any atom is -0.465 e. The molecule has 0 aliphatic heterocycles. The fraction of sp³-hybridized carbons (Fsp3) is 0.941. The molecule has 0 spiro atoms. The van der Waals surface area contributed by atoms with Gasteiger partial charge in [0.05, 0.1) is 13.0 Å². The van der Waals surface area contributed by atoms with E-state index in [1.807, 2.05) is 7.05 Å². The van der Waals surface area contributed by atoms with Crippen LogP contribution in [0.5, 0.6) is 0 Å². The van der Waals surface area contributed by atoms with Crippen LogP contribution in [0.1, 0.15) is 78.1 Å². The number of carbonyl (C=O) groups is 1. The van der Waals surface area contributed by atoms with Crippen LogP contribution in [0.15, 0.2) is 0 Å². The summed E-state index contributed by atoms with van der Waals surface area (Å²) in [4.78, 5) is 12.1. The van der Waals surface area contributed by atoms with Gasteiger partial charge in [-0.15, -0.1) is 0 Å². The number of esters is 1. The number of hydrogen-bond acceptors (Lipinski definition) is 3. The Bertz CT molecular complexity index is 272. The van der Waals surface area contributed by atoms with Crippen molar-refractivity contribution in [3.8, 4) is 0 Å². The van der Waals surface area contributed by atoms with E-state index in [0.29, 0.717) is 18.9 Å². The summed E-state index contributed by atoms with van der Waals surface area (Å²) in [7, 11) is 1.98. The van der Waals surface area contributed by atoms with Gasteiger partial charge in [-0.3, -0.25) is 4.79 Å². The molecule has 20 heavy (non-hydrogen) atoms. The summed E-state index contributed by atoms with van der Waals surface area (Å²) in [6.45, 7) is 5.00. The Hall–Kier alpha value is -0.570. The third kappa shape index (κ3) is 5.82. The monoisotopic (exact) mass is 283 g/mol. The van der Waals surface area contributed by atoms with Crippen LogP contribution in [0, 0.1) is 5.92 Å². The molecule has 3 heteroatoms. The Labute approximate surface area is 124 Å². The Kier molecular flexibility index (Phi) is 8.20. The number of ether oxygens (including phenoxy) is 1. The lowest BCUT2D eigenvalue weighted by molar-refractivity contribution is -0.147. The highest BCUT2D eigenvalue weighted by Crippen LogP contribution is 2.31. The van der Waals surface area contributed by atoms with Crippen LogP contribution in [0.25, 0.3) is 0 Å². The van der Waals surface area contributed by atoms with Gasteiger partial charge in [0, 0.05) is 5.54 Å². The molecule has 3 nitrogen and oxygen atoms in total. The molecule has 0 radical (unpaired) electrons. The lowest BCUT2D eigenvalue weighted by Gasteiger charge is -2.36. The molecule has 0 aromatic heterocycles. The molecule has 118 valence electrons. The van der Waals surface area contributed by atoms with Gasteiger partial charge < -0.3 is 10.1 Å². The van der Waals surface area contributed by atoms with E-state index < -0.39 is 0 Å². The van der Waals surface area contributed by atoms with E-state index in [-0.39, 0.29) is 11.5 Å². The SMILES string of the molecule is CCCCC(CC)COC(=O)CC1(NC)CCCCC1. The first-order valence-corrected chi connectivity index (χ1v) is 8.50. The van der Waals surface area contributed by atoms with E-state index in [2.05, 4.69) is 19.2 Å². The molecule has 0 bridgehead atoms. The smallest absolute Gasteiger partial charge is 0.307 e. The maximum Gasteiger partial charge on any atom is 0.307 e. The molecule has 1 aliphatic rings. The van der Waals surface area contributed by atoms with Crippen molar-refractivity contribution in [2.24, 2.45) is 5.92 Å². The Morgan fingerprint density at radius 2 is 1.95 bits per heavy atom. The average molecular weight is 283 g/mol. The molecule has 1 fully saturated rings. The summed E-state index contributed by atoms with van der Waals surface area (Å²) in [6.07, 6.45) is 11.2. The second-order valence-corrected chi connectivity index (χ2v) is 6.37. The van der Waals surface area contributed by atoms with E-state index in [9.17, 15) is 4.79 Å². The van der Waals surface area contributed by atoms with Gasteiger partial charge in [0.2, 0.25) is 0 Å². The Balaban J connectivity index is 2.34. The van der Waals surface area contributed by atoms with Crippen molar-refractivity contribution in [1.29, 1.82) is 0 Å². The first-order chi connectivity index (χ1) is 9.65. The highest BCUT2D eigenvalue weighted by molar-refractivity contribution is 5.71. The third-order valence-electron chi connectivity index (χ3n) is 4.85. The lowest BCUT2D eigenvalue weighted by atomic mass is 9.79. The van der Waals surface area contributed by atoms with Gasteiger partial charge in [0.25, 0.3) is 0 Å². The van der Waals surface area contributed by atoms with Crippen molar-refractivity contribution >= 4 is 5.97 Å². The molecule has 1 atom stereocenters. The molecule has 1 saturated carbocycles. The van der Waals surface area contributed by atoms with Crippen LogP contribution in [0.2, 0.25) is 0 Å². The first-order valence-electron chi connectivity index (χ1n) is 8.50. The molecule has 0 aromatic rings. The Morgan fingerprint density at radius 1 is 1.25 bits per heavy atom. The highest BCUT2D eigenvalue weighted by Gasteiger charge is 2.33. The van der Waals surface area contributed by atoms with Gasteiger partial charge >= 0.3 is 5.97 Å². The summed E-state index contributed by atoms with van der Waals surface area (Å²) in [5.41, 5.74) is 0.000459. The second kappa shape index (κ2) is 9.38. The molecule has 1 rings (SSSR count). The summed E-state index contributed by atoms with van der Waals surface area (Å²) >= 11 is 0. The lowest BCUT2D eigenvalue weighted by Crippen LogP contribution is -2.46. The van der Waals surface area contributed by atoms with Crippen molar-refractivity contribution in [2.45, 2.75) is 83.6 Å². The molecule has 1 aliphatic carbocycles. The quantitative estimate of drug-likeness (QED) is 0.649. The molecule has 0 heterocycles. The van der Waals surface area contributed by atoms with Crippen molar-refractivity contribution in [2.75, 3.05) is 13.7 Å². The van der Waals surface area contributed by atoms with Crippen LogP contribution >= 0.6 is 0 Å². The highest BCUT2D eigenvalue weighted by atomic mass is 16.5. The molecular weight excluding hydrogens is 250 g/mol. The maximum absolute atomic E-state index is 12.1. The van der Waals surface area contributed by atoms with E-state index in [4.69, 9.17) is 4.74 Å². The number of carbonyl (C=O) groups excluding carboxylic acids is 1. The van der Waals surface area contributed by atoms with Gasteiger partial charge in [0.15, 0.2) is 0 Å². The van der Waals surface area contributed by atoms with Gasteiger partial charge in [0.1, 0.15) is 0 Å². The molecular formula is C17H33NO2. The van der Waals surface area contributed by atoms with Gasteiger partial charge in [-0.05, 0) is 32.2 Å². The topological polar surface area (TPSA) is 38.3 Å². The zero-order chi connectivity index (χ0) is 14.8. The van der Waals surface area contributed by atoms with E-state index in [1.54, 1.807) is 0 Å². The van der Waals surface area contributed by atoms with Crippen LogP contribution in [-0.2, 0) is 9.53 Å². The van der Waals surface area contributed by atoms with Crippen molar-refractivity contribution in [3.05, 3.63) is 0 Å². The fourth-order valence-corrected chi connectivity index (χ4v) is 3.18. The molecule has 1 N–H and O–H groups in total. The second-order valence-electron chi connectivity index (χ2n) is 6.37. The van der Waals surface area contributed by atoms with Gasteiger partial charge in [-0.2, -0.15) is 0 Å². The average Bonchev–Trinajstić information content (AvgIpc) is 2.48. The standard InChI is InChI=1S/C17H33NO2/c1-4-6-10-15(5-2)14-20-16(19)13-17(18-3)11-8-7-9-12-17/h15,18H,4-14H2,1-3H3. The van der Waals surface area contributed by atoms with Crippen LogP contribution < -0.4 is 5.32 Å². The molecule has 0 aromatic carbocycles. The van der Waals surface area contributed by atoms with Crippen LogP contribution in [0.3, 0.4) is 0 Å². The summed E-state index contributed by atoms with van der Waals surface area (Å²) in [5.74, 6) is 0.520. The number of hydrogen-bond donors (Lipinski definition) is 1. The van der Waals surface area contributed by atoms with Crippen molar-refractivity contribution < 1.29 is 9.53 Å². The summed E-state index contributed by atoms with van der Waals surface area (Å²) in [6, 6.07) is 0. The van der Waals surface area contributed by atoms with E-state index >= 15 is 0 Å². The number of nitrogens with one attached hydrogen (secondary N) is 1. The predicted octanol–water partition coefficient (Wildman–Crippen LogP) is 4.06. The molecule has 0 amide bonds. The van der Waals surface area contributed by atoms with Gasteiger partial charge in [-0.1, -0.05) is 52.4 Å². The van der Waals surface area contributed by atoms with Crippen molar-refractivity contribution in [1.82, 2.24) is 5.32 Å².